The number of likely N-dealkylation sites (N-methyl/N-ethyl adjacent to an activating group) is 1. The van der Waals surface area contributed by atoms with E-state index in [1.165, 1.54) is 0 Å². The van der Waals surface area contributed by atoms with Crippen LogP contribution in [0.1, 0.15) is 13.8 Å². The van der Waals surface area contributed by atoms with Crippen molar-refractivity contribution in [1.82, 2.24) is 9.97 Å². The number of para-hydroxylation sites is 2. The molecule has 0 aliphatic heterocycles. The zero-order chi connectivity index (χ0) is 11.8. The molecule has 0 aliphatic rings. The molecule has 0 radical (unpaired) electrons. The van der Waals surface area contributed by atoms with Crippen molar-refractivity contribution in [1.29, 1.82) is 0 Å². The van der Waals surface area contributed by atoms with Gasteiger partial charge in [-0.2, -0.15) is 0 Å². The van der Waals surface area contributed by atoms with Crippen LogP contribution in [0.4, 0.5) is 5.95 Å². The zero-order valence-electron chi connectivity index (χ0n) is 9.86. The van der Waals surface area contributed by atoms with E-state index in [0.717, 1.165) is 17.0 Å². The number of aromatic nitrogens is 2. The summed E-state index contributed by atoms with van der Waals surface area (Å²) in [6.07, 6.45) is 0. The van der Waals surface area contributed by atoms with Crippen molar-refractivity contribution in [2.45, 2.75) is 19.4 Å². The molecule has 0 atom stereocenters. The smallest absolute Gasteiger partial charge is 0.204 e. The van der Waals surface area contributed by atoms with E-state index < -0.39 is 0 Å². The number of hydrogen-bond acceptors (Lipinski definition) is 3. The van der Waals surface area contributed by atoms with Crippen LogP contribution in [0.5, 0.6) is 0 Å². The Labute approximate surface area is 94.9 Å². The molecule has 0 saturated heterocycles. The molecule has 0 fully saturated rings. The maximum Gasteiger partial charge on any atom is 0.204 e. The van der Waals surface area contributed by atoms with Gasteiger partial charge in [-0.1, -0.05) is 12.1 Å². The lowest BCUT2D eigenvalue weighted by atomic mass is 10.1. The van der Waals surface area contributed by atoms with E-state index in [9.17, 15) is 5.11 Å². The molecule has 86 valence electrons. The maximum absolute atomic E-state index is 9.32. The lowest BCUT2D eigenvalue weighted by Crippen LogP contribution is -2.44. The number of aromatic amines is 1. The van der Waals surface area contributed by atoms with E-state index in [-0.39, 0.29) is 12.1 Å². The molecule has 1 aromatic carbocycles. The van der Waals surface area contributed by atoms with E-state index in [0.29, 0.717) is 0 Å². The molecule has 2 rings (SSSR count). The Morgan fingerprint density at radius 3 is 2.69 bits per heavy atom. The quantitative estimate of drug-likeness (QED) is 0.827. The Bertz CT molecular complexity index is 457. The number of rotatable bonds is 3. The Hall–Kier alpha value is -1.55. The summed E-state index contributed by atoms with van der Waals surface area (Å²) in [5.41, 5.74) is 1.63. The summed E-state index contributed by atoms with van der Waals surface area (Å²) in [5, 5.41) is 9.32. The molecule has 0 unspecified atom stereocenters. The van der Waals surface area contributed by atoms with E-state index in [1.807, 2.05) is 50.1 Å². The van der Waals surface area contributed by atoms with Gasteiger partial charge < -0.3 is 15.0 Å². The van der Waals surface area contributed by atoms with Gasteiger partial charge in [-0.25, -0.2) is 4.98 Å². The van der Waals surface area contributed by atoms with Crippen LogP contribution >= 0.6 is 0 Å². The number of hydrogen-bond donors (Lipinski definition) is 2. The van der Waals surface area contributed by atoms with Gasteiger partial charge in [0.2, 0.25) is 5.95 Å². The van der Waals surface area contributed by atoms with E-state index in [4.69, 9.17) is 0 Å². The van der Waals surface area contributed by atoms with Gasteiger partial charge in [0.05, 0.1) is 23.2 Å². The Balaban J connectivity index is 2.40. The molecule has 0 amide bonds. The summed E-state index contributed by atoms with van der Waals surface area (Å²) in [6, 6.07) is 7.90. The maximum atomic E-state index is 9.32. The number of fused-ring (bicyclic) bond motifs is 1. The standard InChI is InChI=1S/C12H17N3O/c1-12(2,8-16)15(3)11-13-9-6-4-5-7-10(9)14-11/h4-7,16H,8H2,1-3H3,(H,13,14). The highest BCUT2D eigenvalue weighted by Crippen LogP contribution is 2.21. The van der Waals surface area contributed by atoms with Crippen LogP contribution in [0, 0.1) is 0 Å². The van der Waals surface area contributed by atoms with Crippen molar-refractivity contribution in [3.8, 4) is 0 Å². The van der Waals surface area contributed by atoms with Crippen LogP contribution in [-0.2, 0) is 0 Å². The number of benzene rings is 1. The lowest BCUT2D eigenvalue weighted by molar-refractivity contribution is 0.215. The van der Waals surface area contributed by atoms with Crippen molar-refractivity contribution < 1.29 is 5.11 Å². The fraction of sp³-hybridized carbons (Fsp3) is 0.417. The van der Waals surface area contributed by atoms with Gasteiger partial charge in [0.1, 0.15) is 0 Å². The number of nitrogens with zero attached hydrogens (tertiary/aromatic N) is 2. The van der Waals surface area contributed by atoms with Crippen molar-refractivity contribution in [3.05, 3.63) is 24.3 Å². The summed E-state index contributed by atoms with van der Waals surface area (Å²) < 4.78 is 0. The summed E-state index contributed by atoms with van der Waals surface area (Å²) in [6.45, 7) is 4.03. The number of aliphatic hydroxyl groups is 1. The molecule has 1 aromatic heterocycles. The molecule has 16 heavy (non-hydrogen) atoms. The number of anilines is 1. The minimum absolute atomic E-state index is 0.0839. The minimum atomic E-state index is -0.326. The third-order valence-electron chi connectivity index (χ3n) is 2.99. The minimum Gasteiger partial charge on any atom is -0.394 e. The van der Waals surface area contributed by atoms with Crippen LogP contribution < -0.4 is 4.90 Å². The number of imidazole rings is 1. The summed E-state index contributed by atoms with van der Waals surface area (Å²) in [7, 11) is 1.92. The topological polar surface area (TPSA) is 52.2 Å². The van der Waals surface area contributed by atoms with Crippen LogP contribution in [-0.4, -0.2) is 34.3 Å². The average molecular weight is 219 g/mol. The van der Waals surface area contributed by atoms with Gasteiger partial charge in [-0.05, 0) is 26.0 Å². The largest absolute Gasteiger partial charge is 0.394 e. The molecule has 0 spiro atoms. The highest BCUT2D eigenvalue weighted by Gasteiger charge is 2.24. The van der Waals surface area contributed by atoms with Crippen LogP contribution in [0.15, 0.2) is 24.3 Å². The Morgan fingerprint density at radius 2 is 2.06 bits per heavy atom. The molecule has 1 heterocycles. The molecule has 2 aromatic rings. The normalized spacial score (nSPS) is 12.0. The first-order valence-corrected chi connectivity index (χ1v) is 5.34. The fourth-order valence-electron chi connectivity index (χ4n) is 1.49. The summed E-state index contributed by atoms with van der Waals surface area (Å²) in [5.74, 6) is 0.778. The van der Waals surface area contributed by atoms with Crippen LogP contribution in [0.3, 0.4) is 0 Å². The van der Waals surface area contributed by atoms with Gasteiger partial charge in [-0.3, -0.25) is 0 Å². The average Bonchev–Trinajstić information content (AvgIpc) is 2.71. The summed E-state index contributed by atoms with van der Waals surface area (Å²) >= 11 is 0. The summed E-state index contributed by atoms with van der Waals surface area (Å²) in [4.78, 5) is 9.68. The van der Waals surface area contributed by atoms with Gasteiger partial charge in [0.25, 0.3) is 0 Å². The third-order valence-corrected chi connectivity index (χ3v) is 2.99. The molecular formula is C12H17N3O. The molecule has 2 N–H and O–H groups in total. The number of nitrogens with one attached hydrogen (secondary N) is 1. The Kier molecular flexibility index (Phi) is 2.59. The van der Waals surface area contributed by atoms with E-state index >= 15 is 0 Å². The molecule has 0 bridgehead atoms. The van der Waals surface area contributed by atoms with Gasteiger partial charge in [0.15, 0.2) is 0 Å². The highest BCUT2D eigenvalue weighted by atomic mass is 16.3. The molecule has 0 saturated carbocycles. The molecular weight excluding hydrogens is 202 g/mol. The second-order valence-corrected chi connectivity index (χ2v) is 4.61. The van der Waals surface area contributed by atoms with Gasteiger partial charge in [-0.15, -0.1) is 0 Å². The molecule has 4 heteroatoms. The first kappa shape index (κ1) is 11.0. The predicted octanol–water partition coefficient (Wildman–Crippen LogP) is 1.77. The third kappa shape index (κ3) is 1.76. The predicted molar refractivity (Wildman–Crippen MR) is 65.7 cm³/mol. The monoisotopic (exact) mass is 219 g/mol. The van der Waals surface area contributed by atoms with Crippen molar-refractivity contribution in [2.75, 3.05) is 18.6 Å². The number of aliphatic hydroxyl groups excluding tert-OH is 1. The van der Waals surface area contributed by atoms with Crippen LogP contribution in [0.25, 0.3) is 11.0 Å². The van der Waals surface area contributed by atoms with Crippen molar-refractivity contribution >= 4 is 17.0 Å². The fourth-order valence-corrected chi connectivity index (χ4v) is 1.49. The van der Waals surface area contributed by atoms with Crippen LogP contribution in [0.2, 0.25) is 0 Å². The molecule has 0 aliphatic carbocycles. The Morgan fingerprint density at radius 1 is 1.38 bits per heavy atom. The molecule has 4 nitrogen and oxygen atoms in total. The SMILES string of the molecule is CN(c1nc2ccccc2[nH]1)C(C)(C)CO. The van der Waals surface area contributed by atoms with Crippen molar-refractivity contribution in [2.24, 2.45) is 0 Å². The van der Waals surface area contributed by atoms with Crippen molar-refractivity contribution in [3.63, 3.8) is 0 Å². The van der Waals surface area contributed by atoms with Gasteiger partial charge >= 0.3 is 0 Å². The second-order valence-electron chi connectivity index (χ2n) is 4.61. The highest BCUT2D eigenvalue weighted by molar-refractivity contribution is 5.77. The van der Waals surface area contributed by atoms with E-state index in [1.54, 1.807) is 0 Å². The lowest BCUT2D eigenvalue weighted by Gasteiger charge is -2.33. The first-order chi connectivity index (χ1) is 7.54. The first-order valence-electron chi connectivity index (χ1n) is 5.34. The number of H-pyrrole nitrogens is 1. The second kappa shape index (κ2) is 3.79. The van der Waals surface area contributed by atoms with E-state index in [2.05, 4.69) is 9.97 Å². The van der Waals surface area contributed by atoms with Gasteiger partial charge in [0, 0.05) is 7.05 Å². The zero-order valence-corrected chi connectivity index (χ0v) is 9.86.